The first-order valence-corrected chi connectivity index (χ1v) is 12.8. The summed E-state index contributed by atoms with van der Waals surface area (Å²) in [7, 11) is 0. The van der Waals surface area contributed by atoms with Crippen LogP contribution in [0.5, 0.6) is 0 Å². The molecule has 6 aliphatic rings. The van der Waals surface area contributed by atoms with Crippen molar-refractivity contribution in [1.29, 1.82) is 0 Å². The van der Waals surface area contributed by atoms with E-state index in [1.165, 1.54) is 5.57 Å². The van der Waals surface area contributed by atoms with Crippen molar-refractivity contribution < 1.29 is 19.1 Å². The highest BCUT2D eigenvalue weighted by molar-refractivity contribution is 5.91. The van der Waals surface area contributed by atoms with Gasteiger partial charge in [-0.05, 0) is 61.7 Å². The summed E-state index contributed by atoms with van der Waals surface area (Å²) in [5, 5.41) is 0. The summed E-state index contributed by atoms with van der Waals surface area (Å²) in [5.74, 6) is 2.68. The number of ketones is 2. The molecule has 2 heterocycles. The Morgan fingerprint density at radius 3 is 2.58 bits per heavy atom. The molecule has 0 aromatic heterocycles. The Balaban J connectivity index is 1.35. The van der Waals surface area contributed by atoms with E-state index in [-0.39, 0.29) is 23.4 Å². The lowest BCUT2D eigenvalue weighted by Gasteiger charge is -2.58. The van der Waals surface area contributed by atoms with Crippen LogP contribution in [0.1, 0.15) is 79.1 Å². The predicted molar refractivity (Wildman–Crippen MR) is 117 cm³/mol. The van der Waals surface area contributed by atoms with Crippen LogP contribution in [0.4, 0.5) is 0 Å². The lowest BCUT2D eigenvalue weighted by Crippen LogP contribution is -2.55. The molecular weight excluding hydrogens is 388 g/mol. The molecule has 0 unspecified atom stereocenters. The summed E-state index contributed by atoms with van der Waals surface area (Å²) in [6.07, 6.45) is 9.77. The molecule has 3 saturated carbocycles. The zero-order valence-corrected chi connectivity index (χ0v) is 19.6. The maximum Gasteiger partial charge on any atom is 0.172 e. The topological polar surface area (TPSA) is 52.6 Å². The summed E-state index contributed by atoms with van der Waals surface area (Å²) < 4.78 is 13.1. The molecule has 2 saturated heterocycles. The van der Waals surface area contributed by atoms with Crippen LogP contribution >= 0.6 is 0 Å². The van der Waals surface area contributed by atoms with Crippen LogP contribution in [0.2, 0.25) is 0 Å². The van der Waals surface area contributed by atoms with Crippen LogP contribution in [-0.4, -0.2) is 30.1 Å². The Morgan fingerprint density at radius 2 is 1.84 bits per heavy atom. The number of carbonyl (C=O) groups is 2. The summed E-state index contributed by atoms with van der Waals surface area (Å²) >= 11 is 0. The van der Waals surface area contributed by atoms with Crippen molar-refractivity contribution in [3.63, 3.8) is 0 Å². The van der Waals surface area contributed by atoms with Gasteiger partial charge >= 0.3 is 0 Å². The van der Waals surface area contributed by atoms with Gasteiger partial charge in [0, 0.05) is 37.5 Å². The summed E-state index contributed by atoms with van der Waals surface area (Å²) in [4.78, 5) is 26.1. The van der Waals surface area contributed by atoms with Crippen molar-refractivity contribution in [2.75, 3.05) is 6.61 Å². The first-order valence-electron chi connectivity index (χ1n) is 12.8. The molecule has 2 aliphatic heterocycles. The molecule has 31 heavy (non-hydrogen) atoms. The van der Waals surface area contributed by atoms with E-state index in [2.05, 4.69) is 33.8 Å². The van der Waals surface area contributed by atoms with E-state index in [9.17, 15) is 9.59 Å². The van der Waals surface area contributed by atoms with Gasteiger partial charge < -0.3 is 9.47 Å². The minimum absolute atomic E-state index is 0.00423. The van der Waals surface area contributed by atoms with Gasteiger partial charge in [0.05, 0.1) is 18.1 Å². The molecule has 5 fully saturated rings. The number of hydrogen-bond donors (Lipinski definition) is 0. The Kier molecular flexibility index (Phi) is 4.34. The minimum atomic E-state index is -0.503. The van der Waals surface area contributed by atoms with Crippen LogP contribution in [0, 0.1) is 46.3 Å². The molecule has 4 aliphatic carbocycles. The highest BCUT2D eigenvalue weighted by Crippen LogP contribution is 2.68. The van der Waals surface area contributed by atoms with Gasteiger partial charge in [-0.3, -0.25) is 9.59 Å². The SMILES string of the molecule is C[C@H]1CC[C@@]2(OC1)O[C@H]1C=C3[C@@H]4CC[C@H]5CC(=O)CC[C@]5(C)[C@H]4CC(=O)[C@]3(C)[C@H]1[C@@H]2C. The average molecular weight is 427 g/mol. The van der Waals surface area contributed by atoms with Crippen molar-refractivity contribution in [3.8, 4) is 0 Å². The second-order valence-corrected chi connectivity index (χ2v) is 12.4. The number of allylic oxidation sites excluding steroid dienone is 1. The van der Waals surface area contributed by atoms with Crippen molar-refractivity contribution in [2.24, 2.45) is 46.3 Å². The molecule has 0 aromatic carbocycles. The number of ether oxygens (including phenoxy) is 2. The van der Waals surface area contributed by atoms with E-state index in [0.29, 0.717) is 48.1 Å². The zero-order valence-electron chi connectivity index (χ0n) is 19.6. The molecule has 0 N–H and O–H groups in total. The highest BCUT2D eigenvalue weighted by atomic mass is 16.7. The molecule has 1 spiro atoms. The van der Waals surface area contributed by atoms with Gasteiger partial charge in [0.15, 0.2) is 5.79 Å². The van der Waals surface area contributed by atoms with Gasteiger partial charge in [-0.25, -0.2) is 0 Å². The number of hydrogen-bond acceptors (Lipinski definition) is 4. The Labute approximate surface area is 186 Å². The third-order valence-electron chi connectivity index (χ3n) is 11.0. The highest BCUT2D eigenvalue weighted by Gasteiger charge is 2.68. The molecule has 0 amide bonds. The third-order valence-corrected chi connectivity index (χ3v) is 11.0. The smallest absolute Gasteiger partial charge is 0.172 e. The fraction of sp³-hybridized carbons (Fsp3) is 0.852. The fourth-order valence-electron chi connectivity index (χ4n) is 9.02. The van der Waals surface area contributed by atoms with E-state index in [4.69, 9.17) is 9.47 Å². The van der Waals surface area contributed by atoms with Gasteiger partial charge in [0.2, 0.25) is 0 Å². The largest absolute Gasteiger partial charge is 0.349 e. The molecule has 6 rings (SSSR count). The minimum Gasteiger partial charge on any atom is -0.349 e. The van der Waals surface area contributed by atoms with Crippen LogP contribution < -0.4 is 0 Å². The standard InChI is InChI=1S/C27H38O4/c1-15-7-10-27(30-14-15)16(2)24-22(31-27)12-21-19-6-5-17-11-18(28)8-9-25(17,3)20(19)13-23(29)26(21,24)4/h12,15-17,19-20,22,24H,5-11,13-14H2,1-4H3/t15-,16-,17-,19+,20-,22-,24-,25-,26+,27+/m0/s1. The molecule has 10 atom stereocenters. The number of rotatable bonds is 0. The number of Topliss-reactive ketones (excluding diaryl/α,β-unsaturated/α-hetero) is 2. The molecule has 0 aromatic rings. The molecule has 4 heteroatoms. The average Bonchev–Trinajstić information content (AvgIpc) is 3.18. The van der Waals surface area contributed by atoms with Gasteiger partial charge in [0.1, 0.15) is 11.6 Å². The fourth-order valence-corrected chi connectivity index (χ4v) is 9.02. The lowest BCUT2D eigenvalue weighted by atomic mass is 9.45. The molecule has 0 bridgehead atoms. The van der Waals surface area contributed by atoms with Crippen LogP contribution in [0.3, 0.4) is 0 Å². The van der Waals surface area contributed by atoms with Crippen LogP contribution in [0.25, 0.3) is 0 Å². The first kappa shape index (κ1) is 20.6. The van der Waals surface area contributed by atoms with Gasteiger partial charge in [0.25, 0.3) is 0 Å². The van der Waals surface area contributed by atoms with Crippen molar-refractivity contribution in [2.45, 2.75) is 91.0 Å². The summed E-state index contributed by atoms with van der Waals surface area (Å²) in [5.41, 5.74) is 1.10. The number of carbonyl (C=O) groups excluding carboxylic acids is 2. The summed E-state index contributed by atoms with van der Waals surface area (Å²) in [6.45, 7) is 9.89. The van der Waals surface area contributed by atoms with Gasteiger partial charge in [-0.1, -0.05) is 32.4 Å². The maximum absolute atomic E-state index is 13.9. The predicted octanol–water partition coefficient (Wildman–Crippen LogP) is 5.10. The van der Waals surface area contributed by atoms with E-state index >= 15 is 0 Å². The van der Waals surface area contributed by atoms with Gasteiger partial charge in [-0.2, -0.15) is 0 Å². The van der Waals surface area contributed by atoms with E-state index in [1.54, 1.807) is 0 Å². The first-order chi connectivity index (χ1) is 14.7. The van der Waals surface area contributed by atoms with Gasteiger partial charge in [-0.15, -0.1) is 0 Å². The molecule has 170 valence electrons. The van der Waals surface area contributed by atoms with E-state index in [1.807, 2.05) is 0 Å². The summed E-state index contributed by atoms with van der Waals surface area (Å²) in [6, 6.07) is 0. The molecular formula is C27H38O4. The second-order valence-electron chi connectivity index (χ2n) is 12.4. The van der Waals surface area contributed by atoms with Crippen molar-refractivity contribution in [3.05, 3.63) is 11.6 Å². The Bertz CT molecular complexity index is 851. The van der Waals surface area contributed by atoms with E-state index in [0.717, 1.165) is 45.1 Å². The molecule has 0 radical (unpaired) electrons. The van der Waals surface area contributed by atoms with Crippen molar-refractivity contribution in [1.82, 2.24) is 0 Å². The Hall–Kier alpha value is -1.00. The monoisotopic (exact) mass is 426 g/mol. The van der Waals surface area contributed by atoms with Crippen LogP contribution in [0.15, 0.2) is 11.6 Å². The van der Waals surface area contributed by atoms with Crippen molar-refractivity contribution >= 4 is 11.6 Å². The lowest BCUT2D eigenvalue weighted by molar-refractivity contribution is -0.265. The van der Waals surface area contributed by atoms with E-state index < -0.39 is 11.2 Å². The zero-order chi connectivity index (χ0) is 21.8. The second kappa shape index (κ2) is 6.53. The number of fused-ring (bicyclic) bond motifs is 7. The maximum atomic E-state index is 13.9. The quantitative estimate of drug-likeness (QED) is 0.506. The van der Waals surface area contributed by atoms with Crippen LogP contribution in [-0.2, 0) is 19.1 Å². The normalized spacial score (nSPS) is 56.0. The molecule has 4 nitrogen and oxygen atoms in total. The Morgan fingerprint density at radius 1 is 1.03 bits per heavy atom. The third kappa shape index (κ3) is 2.55.